The largest absolute Gasteiger partial charge is 0.310 e. The van der Waals surface area contributed by atoms with E-state index in [9.17, 15) is 4.79 Å². The van der Waals surface area contributed by atoms with Gasteiger partial charge >= 0.3 is 0 Å². The average molecular weight is 148 g/mol. The van der Waals surface area contributed by atoms with Crippen LogP contribution in [0.4, 0.5) is 0 Å². The van der Waals surface area contributed by atoms with Gasteiger partial charge in [-0.05, 0) is 18.9 Å². The zero-order chi connectivity index (χ0) is 5.56. The first-order valence-electron chi connectivity index (χ1n) is 3.11. The van der Waals surface area contributed by atoms with Crippen molar-refractivity contribution >= 4 is 18.2 Å². The van der Waals surface area contributed by atoms with Crippen LogP contribution in [0.3, 0.4) is 0 Å². The van der Waals surface area contributed by atoms with Gasteiger partial charge in [-0.15, -0.1) is 12.4 Å². The topological polar surface area (TPSA) is 29.1 Å². The molecule has 9 heavy (non-hydrogen) atoms. The lowest BCUT2D eigenvalue weighted by molar-refractivity contribution is -0.120. The summed E-state index contributed by atoms with van der Waals surface area (Å²) >= 11 is 0. The molecule has 2 rings (SSSR count). The molecule has 3 heteroatoms. The molecular formula is C6H10ClNO. The first-order valence-corrected chi connectivity index (χ1v) is 3.11. The standard InChI is InChI=1S/C6H9NO.ClH/c8-6-3-7-2-4-1-5(4)6;/h4-5,7H,1-3H2;1H. The Morgan fingerprint density at radius 1 is 1.56 bits per heavy atom. The Balaban J connectivity index is 0.000000405. The highest BCUT2D eigenvalue weighted by Crippen LogP contribution is 2.40. The van der Waals surface area contributed by atoms with E-state index < -0.39 is 0 Å². The van der Waals surface area contributed by atoms with Crippen LogP contribution in [-0.2, 0) is 4.79 Å². The van der Waals surface area contributed by atoms with Crippen LogP contribution in [0, 0.1) is 11.8 Å². The molecule has 2 unspecified atom stereocenters. The summed E-state index contributed by atoms with van der Waals surface area (Å²) in [6, 6.07) is 0. The van der Waals surface area contributed by atoms with E-state index in [1.165, 1.54) is 0 Å². The summed E-state index contributed by atoms with van der Waals surface area (Å²) in [5, 5.41) is 3.08. The maximum atomic E-state index is 10.8. The second kappa shape index (κ2) is 2.27. The Kier molecular flexibility index (Phi) is 1.78. The molecule has 1 saturated carbocycles. The molecule has 2 fully saturated rings. The molecule has 1 N–H and O–H groups in total. The Morgan fingerprint density at radius 3 is 2.89 bits per heavy atom. The first kappa shape index (κ1) is 7.03. The number of hydrogen-bond donors (Lipinski definition) is 1. The third-order valence-electron chi connectivity index (χ3n) is 2.04. The molecule has 0 amide bonds. The van der Waals surface area contributed by atoms with Gasteiger partial charge in [0.1, 0.15) is 5.78 Å². The Labute approximate surface area is 60.4 Å². The molecule has 0 radical (unpaired) electrons. The highest BCUT2D eigenvalue weighted by molar-refractivity contribution is 5.86. The van der Waals surface area contributed by atoms with Gasteiger partial charge in [-0.1, -0.05) is 0 Å². The molecule has 0 spiro atoms. The molecule has 0 aromatic carbocycles. The van der Waals surface area contributed by atoms with Crippen molar-refractivity contribution in [3.8, 4) is 0 Å². The molecule has 2 nitrogen and oxygen atoms in total. The summed E-state index contributed by atoms with van der Waals surface area (Å²) in [4.78, 5) is 10.8. The van der Waals surface area contributed by atoms with Crippen molar-refractivity contribution in [2.45, 2.75) is 6.42 Å². The monoisotopic (exact) mass is 147 g/mol. The predicted octanol–water partition coefficient (Wildman–Crippen LogP) is 0.217. The quantitative estimate of drug-likeness (QED) is 0.531. The minimum Gasteiger partial charge on any atom is -0.310 e. The minimum atomic E-state index is 0. The van der Waals surface area contributed by atoms with Crippen molar-refractivity contribution in [3.63, 3.8) is 0 Å². The van der Waals surface area contributed by atoms with Crippen molar-refractivity contribution in [2.75, 3.05) is 13.1 Å². The van der Waals surface area contributed by atoms with Crippen LogP contribution in [0.5, 0.6) is 0 Å². The van der Waals surface area contributed by atoms with Gasteiger partial charge in [-0.2, -0.15) is 0 Å². The maximum Gasteiger partial charge on any atom is 0.150 e. The van der Waals surface area contributed by atoms with Crippen molar-refractivity contribution < 1.29 is 4.79 Å². The second-order valence-corrected chi connectivity index (χ2v) is 2.70. The van der Waals surface area contributed by atoms with Crippen molar-refractivity contribution in [2.24, 2.45) is 11.8 Å². The number of fused-ring (bicyclic) bond motifs is 1. The lowest BCUT2D eigenvalue weighted by Crippen LogP contribution is -2.31. The van der Waals surface area contributed by atoms with Crippen LogP contribution in [-0.4, -0.2) is 18.9 Å². The fourth-order valence-corrected chi connectivity index (χ4v) is 1.38. The van der Waals surface area contributed by atoms with Crippen molar-refractivity contribution in [3.05, 3.63) is 0 Å². The number of ketones is 1. The van der Waals surface area contributed by atoms with E-state index in [1.807, 2.05) is 0 Å². The minimum absolute atomic E-state index is 0. The summed E-state index contributed by atoms with van der Waals surface area (Å²) in [6.45, 7) is 1.71. The van der Waals surface area contributed by atoms with Gasteiger partial charge in [0, 0.05) is 5.92 Å². The third kappa shape index (κ3) is 1.10. The average Bonchev–Trinajstić information content (AvgIpc) is 2.45. The number of carbonyl (C=O) groups is 1. The highest BCUT2D eigenvalue weighted by atomic mass is 35.5. The van der Waals surface area contributed by atoms with E-state index in [2.05, 4.69) is 5.32 Å². The summed E-state index contributed by atoms with van der Waals surface area (Å²) < 4.78 is 0. The molecule has 1 saturated heterocycles. The molecular weight excluding hydrogens is 138 g/mol. The number of halogens is 1. The Morgan fingerprint density at radius 2 is 2.33 bits per heavy atom. The van der Waals surface area contributed by atoms with Crippen LogP contribution in [0.25, 0.3) is 0 Å². The number of piperidine rings is 1. The zero-order valence-electron chi connectivity index (χ0n) is 5.09. The number of rotatable bonds is 0. The number of Topliss-reactive ketones (excluding diaryl/α,β-unsaturated/α-hetero) is 1. The highest BCUT2D eigenvalue weighted by Gasteiger charge is 2.44. The molecule has 0 aromatic heterocycles. The van der Waals surface area contributed by atoms with Crippen molar-refractivity contribution in [1.29, 1.82) is 0 Å². The number of nitrogens with one attached hydrogen (secondary N) is 1. The molecule has 1 aliphatic heterocycles. The summed E-state index contributed by atoms with van der Waals surface area (Å²) in [7, 11) is 0. The normalized spacial score (nSPS) is 38.9. The van der Waals surface area contributed by atoms with Crippen LogP contribution < -0.4 is 5.32 Å². The van der Waals surface area contributed by atoms with Crippen LogP contribution in [0.1, 0.15) is 6.42 Å². The first-order chi connectivity index (χ1) is 3.88. The van der Waals surface area contributed by atoms with Gasteiger partial charge in [0.15, 0.2) is 0 Å². The van der Waals surface area contributed by atoms with Crippen LogP contribution >= 0.6 is 12.4 Å². The summed E-state index contributed by atoms with van der Waals surface area (Å²) in [5.41, 5.74) is 0. The molecule has 1 aliphatic carbocycles. The smallest absolute Gasteiger partial charge is 0.150 e. The van der Waals surface area contributed by atoms with E-state index in [1.54, 1.807) is 0 Å². The Hall–Kier alpha value is -0.0800. The van der Waals surface area contributed by atoms with E-state index in [0.717, 1.165) is 18.9 Å². The predicted molar refractivity (Wildman–Crippen MR) is 36.7 cm³/mol. The molecule has 0 bridgehead atoms. The van der Waals surface area contributed by atoms with Crippen LogP contribution in [0.15, 0.2) is 0 Å². The van der Waals surface area contributed by atoms with Gasteiger partial charge in [-0.3, -0.25) is 4.79 Å². The van der Waals surface area contributed by atoms with Crippen molar-refractivity contribution in [1.82, 2.24) is 5.32 Å². The van der Waals surface area contributed by atoms with E-state index in [4.69, 9.17) is 0 Å². The lowest BCUT2D eigenvalue weighted by Gasteiger charge is -2.07. The van der Waals surface area contributed by atoms with E-state index in [-0.39, 0.29) is 12.4 Å². The van der Waals surface area contributed by atoms with Gasteiger partial charge in [0.2, 0.25) is 0 Å². The maximum absolute atomic E-state index is 10.8. The molecule has 1 heterocycles. The van der Waals surface area contributed by atoms with Gasteiger partial charge in [-0.25, -0.2) is 0 Å². The summed E-state index contributed by atoms with van der Waals surface area (Å²) in [6.07, 6.45) is 1.16. The molecule has 52 valence electrons. The molecule has 0 aromatic rings. The lowest BCUT2D eigenvalue weighted by atomic mass is 10.1. The van der Waals surface area contributed by atoms with Gasteiger partial charge in [0.25, 0.3) is 0 Å². The fourth-order valence-electron chi connectivity index (χ4n) is 1.38. The van der Waals surface area contributed by atoms with Crippen LogP contribution in [0.2, 0.25) is 0 Å². The Bertz CT molecular complexity index is 137. The molecule has 2 atom stereocenters. The van der Waals surface area contributed by atoms with E-state index in [0.29, 0.717) is 18.2 Å². The van der Waals surface area contributed by atoms with Gasteiger partial charge in [0.05, 0.1) is 6.54 Å². The third-order valence-corrected chi connectivity index (χ3v) is 2.04. The second-order valence-electron chi connectivity index (χ2n) is 2.70. The number of carbonyl (C=O) groups excluding carboxylic acids is 1. The molecule has 2 aliphatic rings. The van der Waals surface area contributed by atoms with Gasteiger partial charge < -0.3 is 5.32 Å². The number of hydrogen-bond acceptors (Lipinski definition) is 2. The SMILES string of the molecule is Cl.O=C1CNCC2CC12. The van der Waals surface area contributed by atoms with E-state index >= 15 is 0 Å². The fraction of sp³-hybridized carbons (Fsp3) is 0.833. The summed E-state index contributed by atoms with van der Waals surface area (Å²) in [5.74, 6) is 1.62. The zero-order valence-corrected chi connectivity index (χ0v) is 5.91.